The van der Waals surface area contributed by atoms with E-state index in [1.54, 1.807) is 18.2 Å². The number of hydrogen-bond donors (Lipinski definition) is 1. The van der Waals surface area contributed by atoms with Crippen molar-refractivity contribution < 1.29 is 32.5 Å². The standard InChI is InChI=1S/C22H17F3N2O4/c23-22(24,25)31-19-6-13(11-26)5-14(7-19)12-30-18-4-1-15-8-16-2-3-17(9-21(28)29)27(16)20(15)10-18/h1,4-8,10,17H,2-3,9,12H2,(H,28,29). The average Bonchev–Trinajstić information content (AvgIpc) is 3.24. The topological polar surface area (TPSA) is 84.5 Å². The van der Waals surface area contributed by atoms with Crippen molar-refractivity contribution in [3.63, 3.8) is 0 Å². The Morgan fingerprint density at radius 2 is 2.00 bits per heavy atom. The molecule has 3 aromatic rings. The Labute approximate surface area is 175 Å². The lowest BCUT2D eigenvalue weighted by atomic mass is 10.1. The van der Waals surface area contributed by atoms with Crippen LogP contribution in [0.2, 0.25) is 0 Å². The van der Waals surface area contributed by atoms with Gasteiger partial charge in [-0.1, -0.05) is 0 Å². The zero-order chi connectivity index (χ0) is 22.2. The Bertz CT molecular complexity index is 1190. The summed E-state index contributed by atoms with van der Waals surface area (Å²) in [6, 6.07) is 12.7. The Morgan fingerprint density at radius 3 is 2.71 bits per heavy atom. The van der Waals surface area contributed by atoms with Crippen molar-refractivity contribution >= 4 is 16.9 Å². The van der Waals surface area contributed by atoms with Gasteiger partial charge in [0.25, 0.3) is 0 Å². The molecule has 0 spiro atoms. The number of fused-ring (bicyclic) bond motifs is 3. The van der Waals surface area contributed by atoms with Gasteiger partial charge in [-0.2, -0.15) is 5.26 Å². The molecule has 4 rings (SSSR count). The van der Waals surface area contributed by atoms with Gasteiger partial charge < -0.3 is 19.1 Å². The highest BCUT2D eigenvalue weighted by Gasteiger charge is 2.31. The zero-order valence-corrected chi connectivity index (χ0v) is 16.1. The fraction of sp³-hybridized carbons (Fsp3) is 0.273. The summed E-state index contributed by atoms with van der Waals surface area (Å²) >= 11 is 0. The highest BCUT2D eigenvalue weighted by Crippen LogP contribution is 2.36. The molecule has 1 N–H and O–H groups in total. The van der Waals surface area contributed by atoms with E-state index < -0.39 is 18.1 Å². The third kappa shape index (κ3) is 4.58. The van der Waals surface area contributed by atoms with Crippen molar-refractivity contribution in [2.45, 2.75) is 38.3 Å². The number of aliphatic carboxylic acids is 1. The predicted molar refractivity (Wildman–Crippen MR) is 104 cm³/mol. The molecule has 2 heterocycles. The maximum Gasteiger partial charge on any atom is 0.573 e. The summed E-state index contributed by atoms with van der Waals surface area (Å²) in [5.41, 5.74) is 2.29. The van der Waals surface area contributed by atoms with E-state index in [0.29, 0.717) is 11.3 Å². The lowest BCUT2D eigenvalue weighted by Crippen LogP contribution is -2.17. The van der Waals surface area contributed by atoms with Crippen LogP contribution >= 0.6 is 0 Å². The fourth-order valence-electron chi connectivity index (χ4n) is 3.98. The highest BCUT2D eigenvalue weighted by atomic mass is 19.4. The molecule has 1 aliphatic rings. The van der Waals surface area contributed by atoms with Crippen LogP contribution in [0.5, 0.6) is 11.5 Å². The molecule has 0 aliphatic carbocycles. The second-order valence-corrected chi connectivity index (χ2v) is 7.33. The molecule has 1 atom stereocenters. The first kappa shape index (κ1) is 20.6. The van der Waals surface area contributed by atoms with Gasteiger partial charge >= 0.3 is 12.3 Å². The first-order chi connectivity index (χ1) is 14.7. The van der Waals surface area contributed by atoms with E-state index in [9.17, 15) is 18.0 Å². The van der Waals surface area contributed by atoms with Crippen LogP contribution in [0.1, 0.15) is 35.7 Å². The average molecular weight is 430 g/mol. The molecule has 31 heavy (non-hydrogen) atoms. The smallest absolute Gasteiger partial charge is 0.489 e. The number of rotatable bonds is 6. The zero-order valence-electron chi connectivity index (χ0n) is 16.1. The van der Waals surface area contributed by atoms with Crippen LogP contribution in [0.3, 0.4) is 0 Å². The van der Waals surface area contributed by atoms with Crippen LogP contribution in [0.15, 0.2) is 42.5 Å². The van der Waals surface area contributed by atoms with Crippen LogP contribution in [-0.4, -0.2) is 22.0 Å². The van der Waals surface area contributed by atoms with Crippen LogP contribution in [0, 0.1) is 11.3 Å². The number of halogens is 3. The van der Waals surface area contributed by atoms with Gasteiger partial charge in [-0.05, 0) is 54.8 Å². The fourth-order valence-corrected chi connectivity index (χ4v) is 3.98. The highest BCUT2D eigenvalue weighted by molar-refractivity contribution is 5.83. The molecule has 1 unspecified atom stereocenters. The van der Waals surface area contributed by atoms with Gasteiger partial charge in [0.15, 0.2) is 0 Å². The Kier molecular flexibility index (Phi) is 5.23. The maximum atomic E-state index is 12.5. The second kappa shape index (κ2) is 7.87. The summed E-state index contributed by atoms with van der Waals surface area (Å²) in [4.78, 5) is 11.2. The number of ether oxygens (including phenoxy) is 2. The monoisotopic (exact) mass is 430 g/mol. The first-order valence-corrected chi connectivity index (χ1v) is 9.50. The molecule has 9 heteroatoms. The quantitative estimate of drug-likeness (QED) is 0.598. The number of hydrogen-bond acceptors (Lipinski definition) is 4. The van der Waals surface area contributed by atoms with Gasteiger partial charge in [0, 0.05) is 23.2 Å². The van der Waals surface area contributed by atoms with E-state index in [4.69, 9.17) is 15.1 Å². The molecule has 1 aromatic heterocycles. The molecule has 0 radical (unpaired) electrons. The van der Waals surface area contributed by atoms with Gasteiger partial charge in [-0.3, -0.25) is 4.79 Å². The molecular weight excluding hydrogens is 413 g/mol. The van der Waals surface area contributed by atoms with Gasteiger partial charge in [-0.15, -0.1) is 13.2 Å². The van der Waals surface area contributed by atoms with Gasteiger partial charge in [0.05, 0.1) is 23.6 Å². The van der Waals surface area contributed by atoms with Crippen LogP contribution in [-0.2, 0) is 17.8 Å². The molecular formula is C22H17F3N2O4. The van der Waals surface area contributed by atoms with Crippen molar-refractivity contribution in [2.24, 2.45) is 0 Å². The third-order valence-electron chi connectivity index (χ3n) is 5.14. The van der Waals surface area contributed by atoms with Crippen LogP contribution in [0.4, 0.5) is 13.2 Å². The Balaban J connectivity index is 1.57. The molecule has 0 amide bonds. The molecule has 2 aromatic carbocycles. The lowest BCUT2D eigenvalue weighted by Gasteiger charge is -2.14. The molecule has 160 valence electrons. The minimum absolute atomic E-state index is 0.0247. The number of nitriles is 1. The maximum absolute atomic E-state index is 12.5. The summed E-state index contributed by atoms with van der Waals surface area (Å²) in [7, 11) is 0. The molecule has 6 nitrogen and oxygen atoms in total. The van der Waals surface area contributed by atoms with E-state index >= 15 is 0 Å². The number of aryl methyl sites for hydroxylation is 1. The summed E-state index contributed by atoms with van der Waals surface area (Å²) in [5.74, 6) is -0.863. The van der Waals surface area contributed by atoms with E-state index in [1.165, 1.54) is 12.1 Å². The normalized spacial score (nSPS) is 15.5. The van der Waals surface area contributed by atoms with Crippen molar-refractivity contribution in [3.8, 4) is 17.6 Å². The summed E-state index contributed by atoms with van der Waals surface area (Å²) in [5, 5.41) is 19.2. The molecule has 0 saturated heterocycles. The van der Waals surface area contributed by atoms with E-state index in [1.807, 2.05) is 16.7 Å². The van der Waals surface area contributed by atoms with Crippen LogP contribution < -0.4 is 9.47 Å². The van der Waals surface area contributed by atoms with Crippen molar-refractivity contribution in [2.75, 3.05) is 0 Å². The van der Waals surface area contributed by atoms with Crippen molar-refractivity contribution in [1.29, 1.82) is 5.26 Å². The number of benzene rings is 2. The molecule has 1 aliphatic heterocycles. The number of carboxylic acid groups (broad SMARTS) is 1. The second-order valence-electron chi connectivity index (χ2n) is 7.33. The Hall–Kier alpha value is -3.67. The number of carbonyl (C=O) groups is 1. The Morgan fingerprint density at radius 1 is 1.19 bits per heavy atom. The SMILES string of the molecule is N#Cc1cc(COc2ccc3cc4n(c3c2)C(CC(=O)O)CC4)cc(OC(F)(F)F)c1. The number of nitrogens with zero attached hydrogens (tertiary/aromatic N) is 2. The van der Waals surface area contributed by atoms with E-state index in [2.05, 4.69) is 4.74 Å². The number of aromatic nitrogens is 1. The molecule has 0 saturated carbocycles. The van der Waals surface area contributed by atoms with Gasteiger partial charge in [0.2, 0.25) is 0 Å². The third-order valence-corrected chi connectivity index (χ3v) is 5.14. The first-order valence-electron chi connectivity index (χ1n) is 9.50. The van der Waals surface area contributed by atoms with E-state index in [0.717, 1.165) is 35.5 Å². The number of carboxylic acids is 1. The van der Waals surface area contributed by atoms with Crippen molar-refractivity contribution in [1.82, 2.24) is 4.57 Å². The molecule has 0 bridgehead atoms. The van der Waals surface area contributed by atoms with Gasteiger partial charge in [0.1, 0.15) is 18.1 Å². The minimum Gasteiger partial charge on any atom is -0.489 e. The van der Waals surface area contributed by atoms with E-state index in [-0.39, 0.29) is 24.6 Å². The summed E-state index contributed by atoms with van der Waals surface area (Å²) in [6.45, 7) is -0.0681. The van der Waals surface area contributed by atoms with Gasteiger partial charge in [-0.25, -0.2) is 0 Å². The van der Waals surface area contributed by atoms with Crippen molar-refractivity contribution in [3.05, 3.63) is 59.3 Å². The molecule has 0 fully saturated rings. The number of alkyl halides is 3. The van der Waals surface area contributed by atoms with Crippen LogP contribution in [0.25, 0.3) is 10.9 Å². The predicted octanol–water partition coefficient (Wildman–Crippen LogP) is 4.95. The summed E-state index contributed by atoms with van der Waals surface area (Å²) in [6.07, 6.45) is -3.28. The summed E-state index contributed by atoms with van der Waals surface area (Å²) < 4.78 is 49.3. The lowest BCUT2D eigenvalue weighted by molar-refractivity contribution is -0.274. The minimum atomic E-state index is -4.86. The largest absolute Gasteiger partial charge is 0.573 e.